The predicted octanol–water partition coefficient (Wildman–Crippen LogP) is 3.31. The van der Waals surface area contributed by atoms with Gasteiger partial charge >= 0.3 is 0 Å². The van der Waals surface area contributed by atoms with E-state index in [-0.39, 0.29) is 11.6 Å². The first kappa shape index (κ1) is 12.3. The summed E-state index contributed by atoms with van der Waals surface area (Å²) in [6, 6.07) is 11.2. The number of nitrogens with two attached hydrogens (primary N) is 1. The van der Waals surface area contributed by atoms with Crippen LogP contribution in [0.2, 0.25) is 0 Å². The molecule has 1 nitrogen and oxygen atoms in total. The lowest BCUT2D eigenvalue weighted by atomic mass is 9.86. The highest BCUT2D eigenvalue weighted by Gasteiger charge is 2.35. The number of halogens is 2. The quantitative estimate of drug-likeness (QED) is 0.879. The zero-order chi connectivity index (χ0) is 13.5. The van der Waals surface area contributed by atoms with Crippen molar-refractivity contribution in [2.75, 3.05) is 0 Å². The van der Waals surface area contributed by atoms with Crippen molar-refractivity contribution in [2.24, 2.45) is 5.73 Å². The van der Waals surface area contributed by atoms with Crippen molar-refractivity contribution in [1.29, 1.82) is 0 Å². The summed E-state index contributed by atoms with van der Waals surface area (Å²) in [5.41, 5.74) is 9.01. The van der Waals surface area contributed by atoms with Crippen LogP contribution in [0.4, 0.5) is 8.78 Å². The molecule has 1 unspecified atom stereocenters. The van der Waals surface area contributed by atoms with Gasteiger partial charge in [0.05, 0.1) is 0 Å². The van der Waals surface area contributed by atoms with Crippen LogP contribution in [0.5, 0.6) is 0 Å². The first-order valence-electron chi connectivity index (χ1n) is 6.39. The zero-order valence-electron chi connectivity index (χ0n) is 10.5. The second kappa shape index (κ2) is 4.42. The summed E-state index contributed by atoms with van der Waals surface area (Å²) < 4.78 is 26.1. The average Bonchev–Trinajstić information content (AvgIpc) is 2.69. The average molecular weight is 259 g/mol. The minimum Gasteiger partial charge on any atom is -0.321 e. The molecule has 0 amide bonds. The van der Waals surface area contributed by atoms with Crippen molar-refractivity contribution < 1.29 is 8.78 Å². The van der Waals surface area contributed by atoms with E-state index in [0.717, 1.165) is 29.5 Å². The molecule has 3 rings (SSSR count). The lowest BCUT2D eigenvalue weighted by Crippen LogP contribution is -2.36. The smallest absolute Gasteiger partial charge is 0.123 e. The Kier molecular flexibility index (Phi) is 2.86. The second-order valence-corrected chi connectivity index (χ2v) is 5.26. The second-order valence-electron chi connectivity index (χ2n) is 5.26. The first-order valence-corrected chi connectivity index (χ1v) is 6.39. The van der Waals surface area contributed by atoms with Crippen molar-refractivity contribution in [3.05, 3.63) is 70.8 Å². The van der Waals surface area contributed by atoms with Gasteiger partial charge in [0, 0.05) is 5.54 Å². The van der Waals surface area contributed by atoms with Gasteiger partial charge in [-0.2, -0.15) is 0 Å². The summed E-state index contributed by atoms with van der Waals surface area (Å²) in [6.07, 6.45) is 2.24. The minimum atomic E-state index is -0.471. The van der Waals surface area contributed by atoms with Gasteiger partial charge < -0.3 is 5.73 Å². The van der Waals surface area contributed by atoms with Gasteiger partial charge in [0.2, 0.25) is 0 Å². The molecule has 0 fully saturated rings. The van der Waals surface area contributed by atoms with Gasteiger partial charge in [0.15, 0.2) is 0 Å². The lowest BCUT2D eigenvalue weighted by Gasteiger charge is -2.25. The summed E-state index contributed by atoms with van der Waals surface area (Å²) >= 11 is 0. The van der Waals surface area contributed by atoms with E-state index in [0.29, 0.717) is 6.42 Å². The Morgan fingerprint density at radius 3 is 2.42 bits per heavy atom. The highest BCUT2D eigenvalue weighted by Crippen LogP contribution is 2.37. The Morgan fingerprint density at radius 2 is 1.68 bits per heavy atom. The standard InChI is InChI=1S/C16H15F2N/c17-13-3-1-11(2-4-13)10-16(19)8-7-12-9-14(18)5-6-15(12)16/h1-6,9H,7-8,10,19H2. The van der Waals surface area contributed by atoms with E-state index >= 15 is 0 Å². The highest BCUT2D eigenvalue weighted by molar-refractivity contribution is 5.40. The van der Waals surface area contributed by atoms with Crippen LogP contribution in [0.25, 0.3) is 0 Å². The third-order valence-electron chi connectivity index (χ3n) is 3.88. The Bertz CT molecular complexity index is 607. The number of hydrogen-bond acceptors (Lipinski definition) is 1. The molecule has 0 aliphatic heterocycles. The van der Waals surface area contributed by atoms with Crippen molar-refractivity contribution in [2.45, 2.75) is 24.8 Å². The summed E-state index contributed by atoms with van der Waals surface area (Å²) in [5, 5.41) is 0. The van der Waals surface area contributed by atoms with E-state index in [1.54, 1.807) is 24.3 Å². The monoisotopic (exact) mass is 259 g/mol. The molecule has 2 aromatic carbocycles. The van der Waals surface area contributed by atoms with Crippen LogP contribution in [-0.4, -0.2) is 0 Å². The molecule has 3 heteroatoms. The fraction of sp³-hybridized carbons (Fsp3) is 0.250. The third-order valence-corrected chi connectivity index (χ3v) is 3.88. The molecule has 0 aromatic heterocycles. The Hall–Kier alpha value is -1.74. The SMILES string of the molecule is NC1(Cc2ccc(F)cc2)CCc2cc(F)ccc21. The molecule has 1 aliphatic carbocycles. The Morgan fingerprint density at radius 1 is 1.00 bits per heavy atom. The van der Waals surface area contributed by atoms with Crippen LogP contribution < -0.4 is 5.73 Å². The number of aryl methyl sites for hydroxylation is 1. The minimum absolute atomic E-state index is 0.218. The van der Waals surface area contributed by atoms with Gasteiger partial charge in [-0.15, -0.1) is 0 Å². The van der Waals surface area contributed by atoms with E-state index in [4.69, 9.17) is 5.73 Å². The molecule has 98 valence electrons. The summed E-state index contributed by atoms with van der Waals surface area (Å²) in [7, 11) is 0. The van der Waals surface area contributed by atoms with Gasteiger partial charge in [-0.1, -0.05) is 18.2 Å². The number of rotatable bonds is 2. The zero-order valence-corrected chi connectivity index (χ0v) is 10.5. The highest BCUT2D eigenvalue weighted by atomic mass is 19.1. The van der Waals surface area contributed by atoms with E-state index in [9.17, 15) is 8.78 Å². The van der Waals surface area contributed by atoms with Gasteiger partial charge in [0.1, 0.15) is 11.6 Å². The van der Waals surface area contributed by atoms with E-state index in [1.807, 2.05) is 0 Å². The largest absolute Gasteiger partial charge is 0.321 e. The van der Waals surface area contributed by atoms with Crippen LogP contribution in [0.3, 0.4) is 0 Å². The number of fused-ring (bicyclic) bond motifs is 1. The maximum atomic E-state index is 13.2. The van der Waals surface area contributed by atoms with Gasteiger partial charge in [0.25, 0.3) is 0 Å². The van der Waals surface area contributed by atoms with Crippen LogP contribution >= 0.6 is 0 Å². The number of hydrogen-bond donors (Lipinski definition) is 1. The van der Waals surface area contributed by atoms with Gasteiger partial charge in [-0.3, -0.25) is 0 Å². The molecule has 0 saturated carbocycles. The van der Waals surface area contributed by atoms with Crippen molar-refractivity contribution in [3.8, 4) is 0 Å². The van der Waals surface area contributed by atoms with E-state index < -0.39 is 5.54 Å². The first-order chi connectivity index (χ1) is 9.07. The van der Waals surface area contributed by atoms with E-state index in [2.05, 4.69) is 0 Å². The third kappa shape index (κ3) is 2.26. The summed E-state index contributed by atoms with van der Waals surface area (Å²) in [4.78, 5) is 0. The maximum Gasteiger partial charge on any atom is 0.123 e. The molecular formula is C16H15F2N. The van der Waals surface area contributed by atoms with Crippen molar-refractivity contribution in [1.82, 2.24) is 0 Å². The molecule has 1 aliphatic rings. The predicted molar refractivity (Wildman–Crippen MR) is 70.7 cm³/mol. The Labute approximate surface area is 111 Å². The molecule has 1 atom stereocenters. The summed E-state index contributed by atoms with van der Waals surface area (Å²) in [5.74, 6) is -0.464. The fourth-order valence-corrected chi connectivity index (χ4v) is 2.90. The molecule has 0 saturated heterocycles. The molecule has 19 heavy (non-hydrogen) atoms. The van der Waals surface area contributed by atoms with Crippen LogP contribution in [0.15, 0.2) is 42.5 Å². The van der Waals surface area contributed by atoms with Crippen molar-refractivity contribution >= 4 is 0 Å². The number of benzene rings is 2. The maximum absolute atomic E-state index is 13.2. The normalized spacial score (nSPS) is 21.4. The molecule has 0 heterocycles. The summed E-state index contributed by atoms with van der Waals surface area (Å²) in [6.45, 7) is 0. The van der Waals surface area contributed by atoms with Crippen molar-refractivity contribution in [3.63, 3.8) is 0 Å². The van der Waals surface area contributed by atoms with Crippen LogP contribution in [0.1, 0.15) is 23.1 Å². The molecule has 0 bridgehead atoms. The molecule has 2 aromatic rings. The Balaban J connectivity index is 1.92. The topological polar surface area (TPSA) is 26.0 Å². The molecule has 0 radical (unpaired) electrons. The van der Waals surface area contributed by atoms with Crippen LogP contribution in [0, 0.1) is 11.6 Å². The molecule has 2 N–H and O–H groups in total. The molecule has 0 spiro atoms. The van der Waals surface area contributed by atoms with E-state index in [1.165, 1.54) is 18.2 Å². The van der Waals surface area contributed by atoms with Gasteiger partial charge in [-0.25, -0.2) is 8.78 Å². The fourth-order valence-electron chi connectivity index (χ4n) is 2.90. The van der Waals surface area contributed by atoms with Crippen LogP contribution in [-0.2, 0) is 18.4 Å². The molecular weight excluding hydrogens is 244 g/mol. The lowest BCUT2D eigenvalue weighted by molar-refractivity contribution is 0.438. The van der Waals surface area contributed by atoms with Gasteiger partial charge in [-0.05, 0) is 60.2 Å².